The fourth-order valence-corrected chi connectivity index (χ4v) is 1.12. The summed E-state index contributed by atoms with van der Waals surface area (Å²) in [7, 11) is 4.39. The number of ketones is 1. The Balaban J connectivity index is 0.000000770. The molecule has 1 N–H and O–H groups in total. The second-order valence-corrected chi connectivity index (χ2v) is 2.88. The Labute approximate surface area is 97.2 Å². The molecule has 0 fully saturated rings. The van der Waals surface area contributed by atoms with Crippen molar-refractivity contribution in [3.05, 3.63) is 35.1 Å². The van der Waals surface area contributed by atoms with Gasteiger partial charge in [0.1, 0.15) is 5.82 Å². The summed E-state index contributed by atoms with van der Waals surface area (Å²) in [5.74, 6) is -2.08. The zero-order valence-corrected chi connectivity index (χ0v) is 8.81. The Morgan fingerprint density at radius 1 is 1.41 bits per heavy atom. The predicted octanol–water partition coefficient (Wildman–Crippen LogP) is 2.58. The van der Waals surface area contributed by atoms with Gasteiger partial charge in [-0.1, -0.05) is 6.07 Å². The van der Waals surface area contributed by atoms with Crippen LogP contribution in [0.3, 0.4) is 0 Å². The van der Waals surface area contributed by atoms with Crippen molar-refractivity contribution in [3.8, 4) is 0 Å². The molecule has 0 unspecified atom stereocenters. The van der Waals surface area contributed by atoms with E-state index < -0.39 is 28.9 Å². The van der Waals surface area contributed by atoms with Crippen LogP contribution in [0.15, 0.2) is 18.2 Å². The molecule has 0 amide bonds. The van der Waals surface area contributed by atoms with E-state index in [9.17, 15) is 22.4 Å². The van der Waals surface area contributed by atoms with Crippen LogP contribution in [0, 0.1) is 11.1 Å². The van der Waals surface area contributed by atoms with Crippen molar-refractivity contribution >= 4 is 20.5 Å². The molecule has 1 aromatic carbocycles. The summed E-state index contributed by atoms with van der Waals surface area (Å²) in [6.07, 6.45) is -4.71. The van der Waals surface area contributed by atoms with Gasteiger partial charge in [0.15, 0.2) is 5.78 Å². The molecule has 1 aromatic rings. The van der Waals surface area contributed by atoms with Gasteiger partial charge in [-0.2, -0.15) is 13.2 Å². The van der Waals surface area contributed by atoms with Crippen LogP contribution in [0.4, 0.5) is 17.6 Å². The van der Waals surface area contributed by atoms with Crippen LogP contribution < -0.4 is 0 Å². The van der Waals surface area contributed by atoms with Gasteiger partial charge < -0.3 is 0 Å². The molecule has 17 heavy (non-hydrogen) atoms. The molecular weight excluding hydrogens is 236 g/mol. The average Bonchev–Trinajstić information content (AvgIpc) is 2.16. The number of hydrogen-bond acceptors (Lipinski definition) is 2. The first-order valence-corrected chi connectivity index (χ1v) is 4.33. The molecule has 1 rings (SSSR count). The summed E-state index contributed by atoms with van der Waals surface area (Å²) in [6.45, 7) is 1.65. The Bertz CT molecular complexity index is 420. The molecule has 0 aromatic heterocycles. The predicted molar refractivity (Wildman–Crippen MR) is 55.6 cm³/mol. The molecule has 0 spiro atoms. The third-order valence-electron chi connectivity index (χ3n) is 1.67. The van der Waals surface area contributed by atoms with Crippen molar-refractivity contribution in [1.82, 2.24) is 0 Å². The van der Waals surface area contributed by atoms with Gasteiger partial charge in [-0.3, -0.25) is 4.79 Å². The fraction of sp³-hybridized carbons (Fsp3) is 0.222. The quantitative estimate of drug-likeness (QED) is 0.459. The first-order valence-electron chi connectivity index (χ1n) is 4.33. The molecule has 0 aliphatic carbocycles. The van der Waals surface area contributed by atoms with E-state index in [0.717, 1.165) is 26.0 Å². The first kappa shape index (κ1) is 15.5. The first-order chi connectivity index (χ1) is 7.75. The van der Waals surface area contributed by atoms with E-state index in [0.29, 0.717) is 6.07 Å². The number of rotatable bonds is 1. The number of carbonyl (C=O) groups excluding carboxylic acids is 1. The normalized spacial score (nSPS) is 9.94. The molecule has 88 valence electrons. The number of Topliss-reactive ketones (excluding diaryl/α,β-unsaturated/α-hetero) is 1. The molecule has 2 nitrogen and oxygen atoms in total. The number of alkyl halides is 3. The summed E-state index contributed by atoms with van der Waals surface area (Å²) in [5.41, 5.74) is -2.13. The Kier molecular flexibility index (Phi) is 5.78. The molecule has 0 aliphatic rings. The van der Waals surface area contributed by atoms with Crippen LogP contribution in [0.25, 0.3) is 0 Å². The molecule has 0 saturated heterocycles. The van der Waals surface area contributed by atoms with E-state index >= 15 is 0 Å². The van der Waals surface area contributed by atoms with Gasteiger partial charge in [0.2, 0.25) is 0 Å². The van der Waals surface area contributed by atoms with Crippen LogP contribution in [0.5, 0.6) is 0 Å². The number of hydrogen-bond donors (Lipinski definition) is 1. The summed E-state index contributed by atoms with van der Waals surface area (Å²) < 4.78 is 49.7. The maximum absolute atomic E-state index is 12.9. The molecule has 0 bridgehead atoms. The van der Waals surface area contributed by atoms with E-state index in [1.807, 2.05) is 0 Å². The standard InChI is InChI=1S/C9H6F4O.B2HN/c1-5(14)8-6(9(11,12)13)3-2-4-7(8)10;1-2-3/h2-4H,1H3;3H. The topological polar surface area (TPSA) is 40.9 Å². The fourth-order valence-electron chi connectivity index (χ4n) is 1.12. The van der Waals surface area contributed by atoms with Crippen LogP contribution in [-0.2, 0) is 6.18 Å². The Morgan fingerprint density at radius 2 is 1.88 bits per heavy atom. The van der Waals surface area contributed by atoms with Crippen molar-refractivity contribution < 1.29 is 22.4 Å². The average molecular weight is 243 g/mol. The van der Waals surface area contributed by atoms with Gasteiger partial charge in [-0.15, -0.1) is 0 Å². The zero-order chi connectivity index (χ0) is 13.6. The third-order valence-corrected chi connectivity index (χ3v) is 1.67. The van der Waals surface area contributed by atoms with E-state index in [2.05, 4.69) is 7.74 Å². The molecule has 0 aliphatic heterocycles. The number of carbonyl (C=O) groups is 1. The van der Waals surface area contributed by atoms with Gasteiger partial charge in [0, 0.05) is 0 Å². The Morgan fingerprint density at radius 3 is 2.18 bits per heavy atom. The minimum atomic E-state index is -4.71. The van der Waals surface area contributed by atoms with Crippen LogP contribution >= 0.6 is 0 Å². The Hall–Kier alpha value is -1.46. The molecule has 0 saturated carbocycles. The van der Waals surface area contributed by atoms with Gasteiger partial charge in [0.05, 0.1) is 11.1 Å². The molecular formula is C9H7B2F4NO. The van der Waals surface area contributed by atoms with Gasteiger partial charge in [0.25, 0.3) is 0 Å². The second kappa shape index (κ2) is 6.32. The van der Waals surface area contributed by atoms with Crippen LogP contribution in [0.2, 0.25) is 0 Å². The molecule has 0 atom stereocenters. The van der Waals surface area contributed by atoms with Gasteiger partial charge in [-0.05, 0) is 19.1 Å². The number of halogens is 4. The van der Waals surface area contributed by atoms with E-state index in [4.69, 9.17) is 5.31 Å². The molecule has 0 heterocycles. The van der Waals surface area contributed by atoms with Crippen molar-refractivity contribution in [1.29, 1.82) is 5.31 Å². The van der Waals surface area contributed by atoms with Crippen LogP contribution in [-0.4, -0.2) is 20.5 Å². The van der Waals surface area contributed by atoms with Crippen LogP contribution in [0.1, 0.15) is 22.8 Å². The summed E-state index contributed by atoms with van der Waals surface area (Å²) in [4.78, 5) is 10.8. The molecule has 8 heteroatoms. The van der Waals surface area contributed by atoms with Crippen molar-refractivity contribution in [3.63, 3.8) is 0 Å². The molecule has 2 radical (unpaired) electrons. The summed E-state index contributed by atoms with van der Waals surface area (Å²) in [6, 6.07) is 2.43. The van der Waals surface area contributed by atoms with Crippen molar-refractivity contribution in [2.24, 2.45) is 0 Å². The van der Waals surface area contributed by atoms with E-state index in [1.54, 1.807) is 0 Å². The number of benzene rings is 1. The van der Waals surface area contributed by atoms with E-state index in [-0.39, 0.29) is 0 Å². The monoisotopic (exact) mass is 243 g/mol. The SMILES string of the molecule is CC(=O)c1c(F)cccc1C(F)(F)F.[B]B=N. The zero-order valence-electron chi connectivity index (χ0n) is 8.81. The van der Waals surface area contributed by atoms with E-state index in [1.165, 1.54) is 0 Å². The minimum absolute atomic E-state index is 0.680. The summed E-state index contributed by atoms with van der Waals surface area (Å²) >= 11 is 0. The van der Waals surface area contributed by atoms with Crippen molar-refractivity contribution in [2.75, 3.05) is 0 Å². The third kappa shape index (κ3) is 4.50. The van der Waals surface area contributed by atoms with Gasteiger partial charge >= 0.3 is 26.2 Å². The summed E-state index contributed by atoms with van der Waals surface area (Å²) in [5, 5.41) is 5.86. The van der Waals surface area contributed by atoms with Crippen molar-refractivity contribution in [2.45, 2.75) is 13.1 Å². The second-order valence-electron chi connectivity index (χ2n) is 2.88. The van der Waals surface area contributed by atoms with Gasteiger partial charge in [-0.25, -0.2) is 4.39 Å². The maximum atomic E-state index is 12.9. The number of nitrogens with one attached hydrogen (secondary N) is 1.